The molecule has 4 rings (SSSR count). The molecule has 2 saturated heterocycles. The van der Waals surface area contributed by atoms with Crippen LogP contribution in [0.4, 0.5) is 0 Å². The number of aliphatic hydroxyl groups is 2. The minimum Gasteiger partial charge on any atom is -0.394 e. The number of nitrogens with one attached hydrogen (secondary N) is 2. The number of rotatable bonds is 8. The Morgan fingerprint density at radius 2 is 1.49 bits per heavy atom. The molecule has 1 unspecified atom stereocenters. The molecule has 7 atom stereocenters. The lowest BCUT2D eigenvalue weighted by atomic mass is 10.2. The van der Waals surface area contributed by atoms with Gasteiger partial charge in [0.15, 0.2) is 0 Å². The third kappa shape index (κ3) is 5.91. The fourth-order valence-corrected chi connectivity index (χ4v) is 5.11. The minimum atomic E-state index is -4.78. The van der Waals surface area contributed by atoms with Crippen LogP contribution in [0.1, 0.15) is 36.4 Å². The van der Waals surface area contributed by atoms with Crippen molar-refractivity contribution in [3.8, 4) is 0 Å². The van der Waals surface area contributed by atoms with Crippen molar-refractivity contribution in [3.63, 3.8) is 0 Å². The number of aromatic amines is 2. The Kier molecular flexibility index (Phi) is 7.83. The van der Waals surface area contributed by atoms with E-state index < -0.39 is 80.4 Å². The van der Waals surface area contributed by atoms with Gasteiger partial charge in [-0.1, -0.05) is 0 Å². The average Bonchev–Trinajstić information content (AvgIpc) is 3.39. The van der Waals surface area contributed by atoms with Gasteiger partial charge < -0.3 is 24.6 Å². The predicted octanol–water partition coefficient (Wildman–Crippen LogP) is -1.87. The van der Waals surface area contributed by atoms with E-state index in [0.29, 0.717) is 0 Å². The highest BCUT2D eigenvalue weighted by atomic mass is 31.2. The van der Waals surface area contributed by atoms with Gasteiger partial charge in [-0.25, -0.2) is 14.2 Å². The van der Waals surface area contributed by atoms with Crippen molar-refractivity contribution in [2.24, 2.45) is 0 Å². The molecule has 37 heavy (non-hydrogen) atoms. The van der Waals surface area contributed by atoms with E-state index in [1.165, 1.54) is 26.2 Å². The van der Waals surface area contributed by atoms with Crippen LogP contribution in [0.25, 0.3) is 0 Å². The van der Waals surface area contributed by atoms with E-state index in [2.05, 4.69) is 9.97 Å². The summed E-state index contributed by atoms with van der Waals surface area (Å²) in [6.07, 6.45) is -4.07. The number of phosphoric ester groups is 1. The van der Waals surface area contributed by atoms with Crippen LogP contribution in [-0.2, 0) is 23.1 Å². The Hall–Kier alpha value is -2.69. The molecule has 2 aromatic rings. The molecule has 204 valence electrons. The smallest absolute Gasteiger partial charge is 0.394 e. The van der Waals surface area contributed by atoms with E-state index in [9.17, 15) is 38.8 Å². The molecule has 2 fully saturated rings. The molecule has 17 heteroatoms. The predicted molar refractivity (Wildman–Crippen MR) is 123 cm³/mol. The molecule has 0 radical (unpaired) electrons. The number of aliphatic hydroxyl groups excluding tert-OH is 2. The minimum absolute atomic E-state index is 0.0475. The van der Waals surface area contributed by atoms with E-state index in [1.807, 2.05) is 0 Å². The quantitative estimate of drug-likeness (QED) is 0.230. The van der Waals surface area contributed by atoms with Crippen molar-refractivity contribution >= 4 is 7.82 Å². The average molecular weight is 546 g/mol. The van der Waals surface area contributed by atoms with Gasteiger partial charge in [0, 0.05) is 36.4 Å². The van der Waals surface area contributed by atoms with Crippen molar-refractivity contribution in [1.29, 1.82) is 0 Å². The van der Waals surface area contributed by atoms with Crippen LogP contribution in [0.3, 0.4) is 0 Å². The van der Waals surface area contributed by atoms with Crippen LogP contribution in [0.15, 0.2) is 31.6 Å². The number of hydrogen-bond acceptors (Lipinski definition) is 11. The third-order valence-electron chi connectivity index (χ3n) is 6.15. The third-order valence-corrected chi connectivity index (χ3v) is 7.16. The van der Waals surface area contributed by atoms with E-state index in [4.69, 9.17) is 18.5 Å². The Bertz CT molecular complexity index is 1430. The first-order valence-electron chi connectivity index (χ1n) is 11.3. The number of aryl methyl sites for hydroxylation is 2. The summed E-state index contributed by atoms with van der Waals surface area (Å²) in [7, 11) is -4.78. The first-order valence-corrected chi connectivity index (χ1v) is 12.8. The molecule has 5 N–H and O–H groups in total. The summed E-state index contributed by atoms with van der Waals surface area (Å²) in [6.45, 7) is 1.79. The number of hydrogen-bond donors (Lipinski definition) is 5. The molecule has 0 aromatic carbocycles. The molecule has 0 aliphatic carbocycles. The molecule has 0 saturated carbocycles. The fraction of sp³-hybridized carbons (Fsp3) is 0.600. The summed E-state index contributed by atoms with van der Waals surface area (Å²) in [5, 5.41) is 19.9. The molecule has 2 aromatic heterocycles. The highest BCUT2D eigenvalue weighted by Gasteiger charge is 2.43. The number of H-pyrrole nitrogens is 2. The van der Waals surface area contributed by atoms with E-state index in [-0.39, 0.29) is 24.0 Å². The first-order chi connectivity index (χ1) is 17.4. The molecule has 0 spiro atoms. The van der Waals surface area contributed by atoms with Crippen molar-refractivity contribution < 1.29 is 38.2 Å². The van der Waals surface area contributed by atoms with Crippen LogP contribution in [-0.4, -0.2) is 71.8 Å². The zero-order valence-corrected chi connectivity index (χ0v) is 20.7. The van der Waals surface area contributed by atoms with Gasteiger partial charge in [-0.15, -0.1) is 0 Å². The van der Waals surface area contributed by atoms with Gasteiger partial charge in [0.1, 0.15) is 30.8 Å². The van der Waals surface area contributed by atoms with Gasteiger partial charge in [0.25, 0.3) is 11.1 Å². The number of nitrogens with zero attached hydrogens (tertiary/aromatic N) is 2. The molecule has 2 aliphatic heterocycles. The van der Waals surface area contributed by atoms with Gasteiger partial charge >= 0.3 is 19.2 Å². The monoisotopic (exact) mass is 546 g/mol. The zero-order chi connectivity index (χ0) is 27.1. The normalized spacial score (nSPS) is 29.4. The van der Waals surface area contributed by atoms with Crippen molar-refractivity contribution in [2.45, 2.75) is 63.6 Å². The van der Waals surface area contributed by atoms with E-state index >= 15 is 0 Å². The van der Waals surface area contributed by atoms with E-state index in [1.54, 1.807) is 0 Å². The van der Waals surface area contributed by atoms with Gasteiger partial charge in [0.05, 0.1) is 19.3 Å². The van der Waals surface area contributed by atoms with Gasteiger partial charge in [-0.05, 0) is 13.8 Å². The summed E-state index contributed by atoms with van der Waals surface area (Å²) >= 11 is 0. The van der Waals surface area contributed by atoms with Crippen LogP contribution in [0.5, 0.6) is 0 Å². The topological polar surface area (TPSA) is 224 Å². The number of aromatic nitrogens is 4. The van der Waals surface area contributed by atoms with Gasteiger partial charge in [0.2, 0.25) is 0 Å². The van der Waals surface area contributed by atoms with Gasteiger partial charge in [-0.2, -0.15) is 0 Å². The van der Waals surface area contributed by atoms with Crippen LogP contribution >= 0.6 is 7.82 Å². The first kappa shape index (κ1) is 27.3. The standard InChI is InChI=1S/C20H27N4O12P/c1-9-5-23(19(29)21-17(9)27)15-3-11(26)14(35-15)8-33-37(31,32)36-12-4-16(34-13(12)7-25)24-6-10(2)18(28)22-20(24)30/h5-6,11-16,25-26H,3-4,7-8H2,1-2H3,(H,31,32)(H,21,27,29)(H,22,28,30)/t11-,12-,13-,14-,15-,16-/m1/s1. The zero-order valence-electron chi connectivity index (χ0n) is 19.8. The Balaban J connectivity index is 1.39. The lowest BCUT2D eigenvalue weighted by Gasteiger charge is -2.22. The molecule has 16 nitrogen and oxygen atoms in total. The van der Waals surface area contributed by atoms with Crippen LogP contribution in [0, 0.1) is 13.8 Å². The SMILES string of the molecule is Cc1cn([C@H]2C[C@@H](O)[C@@H](COP(=O)(O)O[C@@H]3C[C@H](n4cc(C)c(=O)[nH]c4=O)O[C@@H]3CO)O2)c(=O)[nH]c1=O. The van der Waals surface area contributed by atoms with Crippen molar-refractivity contribution in [3.05, 3.63) is 65.2 Å². The molecule has 0 bridgehead atoms. The van der Waals surface area contributed by atoms with E-state index in [0.717, 1.165) is 9.13 Å². The Morgan fingerprint density at radius 1 is 0.973 bits per heavy atom. The fourth-order valence-electron chi connectivity index (χ4n) is 4.15. The molecular formula is C20H27N4O12P. The van der Waals surface area contributed by atoms with Crippen LogP contribution < -0.4 is 22.5 Å². The molecule has 2 aliphatic rings. The largest absolute Gasteiger partial charge is 0.472 e. The van der Waals surface area contributed by atoms with Gasteiger partial charge in [-0.3, -0.25) is 37.7 Å². The molecule has 4 heterocycles. The highest BCUT2D eigenvalue weighted by Crippen LogP contribution is 2.48. The van der Waals surface area contributed by atoms with Crippen molar-refractivity contribution in [1.82, 2.24) is 19.1 Å². The second-order valence-corrected chi connectivity index (χ2v) is 10.3. The molecule has 0 amide bonds. The van der Waals surface area contributed by atoms with Crippen molar-refractivity contribution in [2.75, 3.05) is 13.2 Å². The lowest BCUT2D eigenvalue weighted by Crippen LogP contribution is -2.33. The Morgan fingerprint density at radius 3 is 2.03 bits per heavy atom. The second-order valence-electron chi connectivity index (χ2n) is 8.85. The summed E-state index contributed by atoms with van der Waals surface area (Å²) in [6, 6.07) is 0. The lowest BCUT2D eigenvalue weighted by molar-refractivity contribution is -0.0576. The Labute approximate surface area is 207 Å². The summed E-state index contributed by atoms with van der Waals surface area (Å²) in [5.41, 5.74) is -2.15. The number of phosphoric acid groups is 1. The summed E-state index contributed by atoms with van der Waals surface area (Å²) in [5.74, 6) is 0. The molecular weight excluding hydrogens is 519 g/mol. The van der Waals surface area contributed by atoms with Crippen LogP contribution in [0.2, 0.25) is 0 Å². The number of ether oxygens (including phenoxy) is 2. The maximum atomic E-state index is 12.6. The second kappa shape index (κ2) is 10.6. The highest BCUT2D eigenvalue weighted by molar-refractivity contribution is 7.47. The maximum absolute atomic E-state index is 12.6. The maximum Gasteiger partial charge on any atom is 0.472 e. The summed E-state index contributed by atoms with van der Waals surface area (Å²) < 4.78 is 36.2. The summed E-state index contributed by atoms with van der Waals surface area (Å²) in [4.78, 5) is 61.9.